The van der Waals surface area contributed by atoms with Gasteiger partial charge in [-0.1, -0.05) is 26.2 Å². The van der Waals surface area contributed by atoms with E-state index in [-0.39, 0.29) is 0 Å². The molecule has 0 aliphatic heterocycles. The van der Waals surface area contributed by atoms with Crippen LogP contribution in [0.5, 0.6) is 0 Å². The van der Waals surface area contributed by atoms with Crippen molar-refractivity contribution in [3.05, 3.63) is 30.6 Å². The fraction of sp³-hybridized carbons (Fsp3) is 0.400. The molecule has 3 N–H and O–H groups in total. The monoisotopic (exact) mass is 243 g/mol. The van der Waals surface area contributed by atoms with E-state index in [4.69, 9.17) is 5.73 Å². The van der Waals surface area contributed by atoms with Gasteiger partial charge in [0.1, 0.15) is 0 Å². The molecule has 0 amide bonds. The molecule has 0 atom stereocenters. The minimum absolute atomic E-state index is 0.787. The third-order valence-electron chi connectivity index (χ3n) is 3.20. The van der Waals surface area contributed by atoms with Crippen LogP contribution in [-0.4, -0.2) is 11.5 Å². The first kappa shape index (κ1) is 12.7. The normalized spacial score (nSPS) is 10.7. The maximum atomic E-state index is 5.95. The van der Waals surface area contributed by atoms with Crippen LogP contribution < -0.4 is 11.1 Å². The highest BCUT2D eigenvalue weighted by Crippen LogP contribution is 2.27. The lowest BCUT2D eigenvalue weighted by Gasteiger charge is -2.10. The summed E-state index contributed by atoms with van der Waals surface area (Å²) in [6.07, 6.45) is 8.73. The predicted molar refractivity (Wildman–Crippen MR) is 78.8 cm³/mol. The third-order valence-corrected chi connectivity index (χ3v) is 3.20. The van der Waals surface area contributed by atoms with E-state index in [1.54, 1.807) is 0 Å². The summed E-state index contributed by atoms with van der Waals surface area (Å²) in [5, 5.41) is 5.67. The molecule has 0 spiro atoms. The van der Waals surface area contributed by atoms with Crippen LogP contribution in [0.4, 0.5) is 11.4 Å². The van der Waals surface area contributed by atoms with Crippen LogP contribution in [0.15, 0.2) is 30.6 Å². The highest BCUT2D eigenvalue weighted by molar-refractivity contribution is 6.00. The van der Waals surface area contributed by atoms with Crippen LogP contribution in [0, 0.1) is 0 Å². The Bertz CT molecular complexity index is 508. The summed E-state index contributed by atoms with van der Waals surface area (Å²) in [5.74, 6) is 0. The third kappa shape index (κ3) is 2.92. The van der Waals surface area contributed by atoms with Gasteiger partial charge in [0.25, 0.3) is 0 Å². The average molecular weight is 243 g/mol. The number of unbranched alkanes of at least 4 members (excludes halogenated alkanes) is 3. The molecule has 0 fully saturated rings. The Morgan fingerprint density at radius 3 is 2.83 bits per heavy atom. The maximum absolute atomic E-state index is 5.95. The van der Waals surface area contributed by atoms with Gasteiger partial charge in [-0.05, 0) is 24.6 Å². The second kappa shape index (κ2) is 6.24. The number of aromatic nitrogens is 1. The Hall–Kier alpha value is -1.77. The molecule has 0 saturated heterocycles. The van der Waals surface area contributed by atoms with Crippen molar-refractivity contribution >= 4 is 22.1 Å². The summed E-state index contributed by atoms with van der Waals surface area (Å²) in [7, 11) is 0. The molecule has 0 aliphatic rings. The number of nitrogens with one attached hydrogen (secondary N) is 1. The van der Waals surface area contributed by atoms with Gasteiger partial charge in [0.05, 0.1) is 0 Å². The number of pyridine rings is 1. The molecule has 2 rings (SSSR count). The molecule has 0 unspecified atom stereocenters. The van der Waals surface area contributed by atoms with E-state index in [0.717, 1.165) is 28.7 Å². The number of nitrogens with two attached hydrogens (primary N) is 1. The second-order valence-corrected chi connectivity index (χ2v) is 4.61. The first-order valence-electron chi connectivity index (χ1n) is 6.69. The van der Waals surface area contributed by atoms with E-state index < -0.39 is 0 Å². The highest BCUT2D eigenvalue weighted by atomic mass is 14.9. The number of hydrogen-bond acceptors (Lipinski definition) is 3. The lowest BCUT2D eigenvalue weighted by atomic mass is 10.1. The zero-order valence-electron chi connectivity index (χ0n) is 10.9. The smallest absolute Gasteiger partial charge is 0.0422 e. The van der Waals surface area contributed by atoms with E-state index in [1.807, 2.05) is 24.5 Å². The van der Waals surface area contributed by atoms with E-state index in [2.05, 4.69) is 23.3 Å². The van der Waals surface area contributed by atoms with E-state index in [0.29, 0.717) is 0 Å². The van der Waals surface area contributed by atoms with Crippen molar-refractivity contribution in [3.8, 4) is 0 Å². The number of anilines is 2. The molecule has 0 aliphatic carbocycles. The van der Waals surface area contributed by atoms with Crippen LogP contribution in [-0.2, 0) is 0 Å². The van der Waals surface area contributed by atoms with E-state index in [1.165, 1.54) is 25.7 Å². The fourth-order valence-electron chi connectivity index (χ4n) is 2.14. The number of nitrogens with zero attached hydrogens (tertiary/aromatic N) is 1. The first-order chi connectivity index (χ1) is 8.83. The van der Waals surface area contributed by atoms with Crippen molar-refractivity contribution in [1.29, 1.82) is 0 Å². The lowest BCUT2D eigenvalue weighted by Crippen LogP contribution is -2.02. The minimum atomic E-state index is 0.787. The van der Waals surface area contributed by atoms with Crippen LogP contribution >= 0.6 is 0 Å². The van der Waals surface area contributed by atoms with Crippen molar-refractivity contribution in [3.63, 3.8) is 0 Å². The number of rotatable bonds is 6. The summed E-state index contributed by atoms with van der Waals surface area (Å²) >= 11 is 0. The molecular formula is C15H21N3. The van der Waals surface area contributed by atoms with Crippen molar-refractivity contribution < 1.29 is 0 Å². The summed E-state index contributed by atoms with van der Waals surface area (Å²) in [6, 6.07) is 6.01. The van der Waals surface area contributed by atoms with Crippen molar-refractivity contribution in [2.45, 2.75) is 32.6 Å². The summed E-state index contributed by atoms with van der Waals surface area (Å²) in [6.45, 7) is 3.25. The predicted octanol–water partition coefficient (Wildman–Crippen LogP) is 3.81. The Kier molecular flexibility index (Phi) is 4.40. The quantitative estimate of drug-likeness (QED) is 0.599. The Morgan fingerprint density at radius 1 is 1.11 bits per heavy atom. The topological polar surface area (TPSA) is 50.9 Å². The summed E-state index contributed by atoms with van der Waals surface area (Å²) < 4.78 is 0. The zero-order chi connectivity index (χ0) is 12.8. The molecule has 3 heteroatoms. The van der Waals surface area contributed by atoms with Gasteiger partial charge in [0, 0.05) is 41.1 Å². The van der Waals surface area contributed by atoms with Gasteiger partial charge in [-0.2, -0.15) is 0 Å². The van der Waals surface area contributed by atoms with Crippen molar-refractivity contribution in [2.24, 2.45) is 0 Å². The van der Waals surface area contributed by atoms with Gasteiger partial charge >= 0.3 is 0 Å². The van der Waals surface area contributed by atoms with Gasteiger partial charge in [0.2, 0.25) is 0 Å². The molecule has 3 nitrogen and oxygen atoms in total. The van der Waals surface area contributed by atoms with Crippen LogP contribution in [0.25, 0.3) is 10.8 Å². The molecule has 1 aromatic carbocycles. The molecular weight excluding hydrogens is 222 g/mol. The zero-order valence-corrected chi connectivity index (χ0v) is 10.9. The standard InChI is InChI=1S/C15H21N3/c1-2-3-4-5-9-18-15-7-6-14(16)13-11-17-10-8-12(13)15/h6-8,10-11,18H,2-5,9,16H2,1H3. The van der Waals surface area contributed by atoms with Crippen LogP contribution in [0.2, 0.25) is 0 Å². The molecule has 0 saturated carbocycles. The van der Waals surface area contributed by atoms with Crippen LogP contribution in [0.1, 0.15) is 32.6 Å². The number of nitrogen functional groups attached to an aromatic ring is 1. The number of benzene rings is 1. The van der Waals surface area contributed by atoms with Gasteiger partial charge in [-0.15, -0.1) is 0 Å². The van der Waals surface area contributed by atoms with Crippen LogP contribution in [0.3, 0.4) is 0 Å². The van der Waals surface area contributed by atoms with E-state index >= 15 is 0 Å². The molecule has 1 aromatic heterocycles. The Labute approximate surface area is 108 Å². The maximum Gasteiger partial charge on any atom is 0.0422 e. The van der Waals surface area contributed by atoms with E-state index in [9.17, 15) is 0 Å². The molecule has 18 heavy (non-hydrogen) atoms. The first-order valence-corrected chi connectivity index (χ1v) is 6.69. The average Bonchev–Trinajstić information content (AvgIpc) is 2.41. The molecule has 1 heterocycles. The Morgan fingerprint density at radius 2 is 2.00 bits per heavy atom. The van der Waals surface area contributed by atoms with Crippen molar-refractivity contribution in [2.75, 3.05) is 17.6 Å². The van der Waals surface area contributed by atoms with Gasteiger partial charge in [0.15, 0.2) is 0 Å². The van der Waals surface area contributed by atoms with Crippen molar-refractivity contribution in [1.82, 2.24) is 4.98 Å². The number of fused-ring (bicyclic) bond motifs is 1. The second-order valence-electron chi connectivity index (χ2n) is 4.61. The lowest BCUT2D eigenvalue weighted by molar-refractivity contribution is 0.685. The van der Waals surface area contributed by atoms with Gasteiger partial charge in [-0.3, -0.25) is 4.98 Å². The molecule has 96 valence electrons. The largest absolute Gasteiger partial charge is 0.398 e. The molecule has 2 aromatic rings. The highest BCUT2D eigenvalue weighted by Gasteiger charge is 2.03. The SMILES string of the molecule is CCCCCCNc1ccc(N)c2cnccc12. The van der Waals surface area contributed by atoms with Gasteiger partial charge < -0.3 is 11.1 Å². The Balaban J connectivity index is 2.07. The summed E-state index contributed by atoms with van der Waals surface area (Å²) in [4.78, 5) is 4.13. The number of hydrogen-bond donors (Lipinski definition) is 2. The molecule has 0 bridgehead atoms. The summed E-state index contributed by atoms with van der Waals surface area (Å²) in [5.41, 5.74) is 7.89. The molecule has 0 radical (unpaired) electrons. The van der Waals surface area contributed by atoms with Gasteiger partial charge in [-0.25, -0.2) is 0 Å². The fourth-order valence-corrected chi connectivity index (χ4v) is 2.14. The minimum Gasteiger partial charge on any atom is -0.398 e.